The number of hydrogen-bond acceptors (Lipinski definition) is 4. The van der Waals surface area contributed by atoms with E-state index in [9.17, 15) is 9.90 Å². The lowest BCUT2D eigenvalue weighted by Crippen LogP contribution is -2.19. The summed E-state index contributed by atoms with van der Waals surface area (Å²) < 4.78 is 0. The van der Waals surface area contributed by atoms with E-state index in [1.54, 1.807) is 12.1 Å². The van der Waals surface area contributed by atoms with Crippen molar-refractivity contribution in [2.75, 3.05) is 0 Å². The lowest BCUT2D eigenvalue weighted by Gasteiger charge is -2.27. The predicted molar refractivity (Wildman–Crippen MR) is 88.2 cm³/mol. The highest BCUT2D eigenvalue weighted by atomic mass is 16.7. The number of rotatable bonds is 2. The minimum atomic E-state index is -0.596. The number of phenols is 1. The molecule has 1 aromatic carbocycles. The first kappa shape index (κ1) is 18.0. The van der Waals surface area contributed by atoms with Gasteiger partial charge in [0, 0.05) is 11.1 Å². The molecule has 5 heteroatoms. The zero-order valence-electron chi connectivity index (χ0n) is 14.4. The highest BCUT2D eigenvalue weighted by Crippen LogP contribution is 2.39. The van der Waals surface area contributed by atoms with Crippen LogP contribution in [-0.2, 0) is 15.7 Å². The van der Waals surface area contributed by atoms with Crippen LogP contribution in [0.5, 0.6) is 5.75 Å². The molecular formula is C17H26N2O3. The monoisotopic (exact) mass is 306 g/mol. The van der Waals surface area contributed by atoms with Crippen LogP contribution in [0.2, 0.25) is 0 Å². The smallest absolute Gasteiger partial charge is 0.365 e. The normalized spacial score (nSPS) is 13.1. The summed E-state index contributed by atoms with van der Waals surface area (Å²) >= 11 is 0. The van der Waals surface area contributed by atoms with Crippen molar-refractivity contribution in [3.63, 3.8) is 0 Å². The number of carbonyl (C=O) groups is 1. The molecule has 0 aromatic heterocycles. The van der Waals surface area contributed by atoms with Crippen molar-refractivity contribution < 1.29 is 14.7 Å². The predicted octanol–water partition coefficient (Wildman–Crippen LogP) is 3.44. The number of benzene rings is 1. The lowest BCUT2D eigenvalue weighted by atomic mass is 9.78. The van der Waals surface area contributed by atoms with E-state index in [4.69, 9.17) is 10.6 Å². The zero-order valence-corrected chi connectivity index (χ0v) is 14.4. The van der Waals surface area contributed by atoms with Gasteiger partial charge in [-0.3, -0.25) is 0 Å². The quantitative estimate of drug-likeness (QED) is 0.379. The Morgan fingerprint density at radius 2 is 1.50 bits per heavy atom. The molecule has 0 radical (unpaired) electrons. The van der Waals surface area contributed by atoms with Crippen molar-refractivity contribution in [1.82, 2.24) is 0 Å². The number of nitrogens with zero attached hydrogens (tertiary/aromatic N) is 1. The van der Waals surface area contributed by atoms with Crippen LogP contribution in [0, 0.1) is 0 Å². The van der Waals surface area contributed by atoms with Gasteiger partial charge in [-0.15, -0.1) is 0 Å². The summed E-state index contributed by atoms with van der Waals surface area (Å²) in [5.74, 6) is -0.213. The number of nitrogens with two attached hydrogens (primary N) is 1. The van der Waals surface area contributed by atoms with Crippen molar-refractivity contribution in [1.29, 1.82) is 0 Å². The summed E-state index contributed by atoms with van der Waals surface area (Å²) in [6, 6.07) is 3.29. The number of amidine groups is 1. The molecule has 0 saturated heterocycles. The summed E-state index contributed by atoms with van der Waals surface area (Å²) in [6.45, 7) is 13.4. The van der Waals surface area contributed by atoms with Crippen molar-refractivity contribution in [3.05, 3.63) is 28.8 Å². The molecule has 122 valence electrons. The molecule has 3 N–H and O–H groups in total. The standard InChI is InChI=1S/C17H26N2O3/c1-10(18)19-22-15(21)11-8-12(16(2,3)4)14(20)13(9-11)17(5,6)7/h8-9,20H,1-7H3,(H2,18,19). The Kier molecular flexibility index (Phi) is 4.90. The highest BCUT2D eigenvalue weighted by Gasteiger charge is 2.28. The first-order chi connectivity index (χ1) is 9.84. The maximum atomic E-state index is 12.2. The molecule has 0 saturated carbocycles. The van der Waals surface area contributed by atoms with E-state index in [1.807, 2.05) is 41.5 Å². The molecule has 0 heterocycles. The number of aromatic hydroxyl groups is 1. The Morgan fingerprint density at radius 3 is 1.82 bits per heavy atom. The highest BCUT2D eigenvalue weighted by molar-refractivity contribution is 5.91. The van der Waals surface area contributed by atoms with Crippen LogP contribution >= 0.6 is 0 Å². The second-order valence-corrected chi connectivity index (χ2v) is 7.53. The van der Waals surface area contributed by atoms with Gasteiger partial charge in [0.15, 0.2) is 0 Å². The number of hydrogen-bond donors (Lipinski definition) is 2. The van der Waals surface area contributed by atoms with Crippen LogP contribution < -0.4 is 5.73 Å². The fourth-order valence-corrected chi connectivity index (χ4v) is 2.06. The Labute approximate surface area is 132 Å². The minimum absolute atomic E-state index is 0.166. The van der Waals surface area contributed by atoms with E-state index >= 15 is 0 Å². The molecule has 5 nitrogen and oxygen atoms in total. The van der Waals surface area contributed by atoms with Gasteiger partial charge in [0.1, 0.15) is 11.6 Å². The van der Waals surface area contributed by atoms with Gasteiger partial charge in [-0.2, -0.15) is 0 Å². The van der Waals surface area contributed by atoms with E-state index in [-0.39, 0.29) is 22.4 Å². The van der Waals surface area contributed by atoms with Gasteiger partial charge in [-0.25, -0.2) is 4.79 Å². The van der Waals surface area contributed by atoms with Crippen LogP contribution in [0.15, 0.2) is 17.3 Å². The Hall–Kier alpha value is -2.04. The van der Waals surface area contributed by atoms with Crippen LogP contribution in [0.1, 0.15) is 70.0 Å². The summed E-state index contributed by atoms with van der Waals surface area (Å²) in [5, 5.41) is 14.1. The fourth-order valence-electron chi connectivity index (χ4n) is 2.06. The number of carbonyl (C=O) groups excluding carboxylic acids is 1. The van der Waals surface area contributed by atoms with E-state index in [0.29, 0.717) is 16.7 Å². The summed E-state index contributed by atoms with van der Waals surface area (Å²) in [5.41, 5.74) is 6.48. The van der Waals surface area contributed by atoms with Crippen LogP contribution in [-0.4, -0.2) is 16.9 Å². The fraction of sp³-hybridized carbons (Fsp3) is 0.529. The molecule has 1 aromatic rings. The third-order valence-corrected chi connectivity index (χ3v) is 3.23. The molecule has 0 spiro atoms. The van der Waals surface area contributed by atoms with Crippen molar-refractivity contribution in [2.45, 2.75) is 59.3 Å². The maximum Gasteiger partial charge on any atom is 0.365 e. The lowest BCUT2D eigenvalue weighted by molar-refractivity contribution is 0.0515. The summed E-state index contributed by atoms with van der Waals surface area (Å²) in [6.07, 6.45) is 0. The molecule has 0 aliphatic heterocycles. The Bertz CT molecular complexity index is 566. The zero-order chi connectivity index (χ0) is 17.3. The van der Waals surface area contributed by atoms with E-state index in [2.05, 4.69) is 5.16 Å². The average Bonchev–Trinajstić information content (AvgIpc) is 2.33. The molecule has 22 heavy (non-hydrogen) atoms. The van der Waals surface area contributed by atoms with Crippen molar-refractivity contribution >= 4 is 11.8 Å². The average molecular weight is 306 g/mol. The molecule has 0 atom stereocenters. The molecule has 0 aliphatic rings. The SMILES string of the molecule is C/C(N)=N\OC(=O)c1cc(C(C)(C)C)c(O)c(C(C)(C)C)c1. The van der Waals surface area contributed by atoms with Gasteiger partial charge in [-0.05, 0) is 29.9 Å². The van der Waals surface area contributed by atoms with E-state index in [1.165, 1.54) is 6.92 Å². The molecule has 0 amide bonds. The molecule has 0 bridgehead atoms. The summed E-state index contributed by atoms with van der Waals surface area (Å²) in [4.78, 5) is 17.0. The molecule has 0 unspecified atom stereocenters. The van der Waals surface area contributed by atoms with Crippen molar-refractivity contribution in [3.8, 4) is 5.75 Å². The second-order valence-electron chi connectivity index (χ2n) is 7.53. The topological polar surface area (TPSA) is 84.9 Å². The van der Waals surface area contributed by atoms with Gasteiger partial charge < -0.3 is 15.7 Å². The maximum absolute atomic E-state index is 12.2. The first-order valence-corrected chi connectivity index (χ1v) is 7.23. The third-order valence-electron chi connectivity index (χ3n) is 3.23. The largest absolute Gasteiger partial charge is 0.507 e. The van der Waals surface area contributed by atoms with Crippen molar-refractivity contribution in [2.24, 2.45) is 10.9 Å². The van der Waals surface area contributed by atoms with Crippen LogP contribution in [0.4, 0.5) is 0 Å². The van der Waals surface area contributed by atoms with Gasteiger partial charge in [0.05, 0.1) is 5.56 Å². The van der Waals surface area contributed by atoms with Gasteiger partial charge in [0.2, 0.25) is 0 Å². The van der Waals surface area contributed by atoms with Gasteiger partial charge >= 0.3 is 5.97 Å². The van der Waals surface area contributed by atoms with Crippen LogP contribution in [0.25, 0.3) is 0 Å². The second kappa shape index (κ2) is 5.99. The third kappa shape index (κ3) is 4.23. The number of oxime groups is 1. The molecule has 1 rings (SSSR count). The van der Waals surface area contributed by atoms with E-state index < -0.39 is 5.97 Å². The minimum Gasteiger partial charge on any atom is -0.507 e. The number of phenolic OH excluding ortho intramolecular Hbond substituents is 1. The summed E-state index contributed by atoms with van der Waals surface area (Å²) in [7, 11) is 0. The Balaban J connectivity index is 3.48. The Morgan fingerprint density at radius 1 is 1.09 bits per heavy atom. The van der Waals surface area contributed by atoms with Gasteiger partial charge in [0.25, 0.3) is 0 Å². The van der Waals surface area contributed by atoms with Crippen LogP contribution in [0.3, 0.4) is 0 Å². The molecular weight excluding hydrogens is 280 g/mol. The van der Waals surface area contributed by atoms with E-state index in [0.717, 1.165) is 0 Å². The molecule has 0 fully saturated rings. The molecule has 0 aliphatic carbocycles. The first-order valence-electron chi connectivity index (χ1n) is 7.23. The van der Waals surface area contributed by atoms with Gasteiger partial charge in [-0.1, -0.05) is 46.7 Å².